The number of aromatic nitrogens is 2. The molecule has 7 nitrogen and oxygen atoms in total. The first-order valence-electron chi connectivity index (χ1n) is 7.96. The van der Waals surface area contributed by atoms with Gasteiger partial charge in [-0.3, -0.25) is 4.79 Å². The molecule has 0 saturated carbocycles. The van der Waals surface area contributed by atoms with Crippen LogP contribution >= 0.6 is 11.8 Å². The van der Waals surface area contributed by atoms with Crippen molar-refractivity contribution in [3.8, 4) is 11.5 Å². The average molecular weight is 384 g/mol. The molecule has 138 valence electrons. The van der Waals surface area contributed by atoms with E-state index < -0.39 is 11.4 Å². The van der Waals surface area contributed by atoms with Crippen LogP contribution in [-0.2, 0) is 5.75 Å². The van der Waals surface area contributed by atoms with Crippen molar-refractivity contribution in [2.45, 2.75) is 17.8 Å². The molecule has 2 aromatic heterocycles. The summed E-state index contributed by atoms with van der Waals surface area (Å²) in [5, 5.41) is 0.587. The fourth-order valence-corrected chi connectivity index (χ4v) is 2.95. The van der Waals surface area contributed by atoms with E-state index in [9.17, 15) is 9.59 Å². The van der Waals surface area contributed by atoms with Gasteiger partial charge in [-0.15, -0.1) is 0 Å². The summed E-state index contributed by atoms with van der Waals surface area (Å²) in [6.45, 7) is 1.87. The minimum Gasteiger partial charge on any atom is -0.496 e. The number of aryl methyl sites for hydroxylation is 1. The monoisotopic (exact) mass is 384 g/mol. The molecule has 1 aromatic carbocycles. The Bertz CT molecular complexity index is 1020. The number of carbonyl (C=O) groups is 1. The number of esters is 1. The second-order valence-electron chi connectivity index (χ2n) is 5.43. The Hall–Kier alpha value is -3.13. The molecule has 8 heteroatoms. The fraction of sp³-hybridized carbons (Fsp3) is 0.158. The van der Waals surface area contributed by atoms with Crippen molar-refractivity contribution in [2.75, 3.05) is 7.11 Å². The van der Waals surface area contributed by atoms with Crippen molar-refractivity contribution in [3.63, 3.8) is 0 Å². The summed E-state index contributed by atoms with van der Waals surface area (Å²) >= 11 is 1.34. The lowest BCUT2D eigenvalue weighted by Gasteiger charge is -2.08. The molecule has 2 heterocycles. The van der Waals surface area contributed by atoms with Crippen molar-refractivity contribution >= 4 is 17.7 Å². The lowest BCUT2D eigenvalue weighted by atomic mass is 10.2. The molecule has 0 radical (unpaired) electrons. The number of nitrogens with zero attached hydrogens (tertiary/aromatic N) is 2. The number of methoxy groups -OCH3 is 1. The van der Waals surface area contributed by atoms with Gasteiger partial charge in [0.2, 0.25) is 11.2 Å². The lowest BCUT2D eigenvalue weighted by molar-refractivity contribution is 0.0725. The second-order valence-corrected chi connectivity index (χ2v) is 6.38. The molecule has 27 heavy (non-hydrogen) atoms. The number of carbonyl (C=O) groups excluding carboxylic acids is 1. The van der Waals surface area contributed by atoms with Crippen LogP contribution in [0.25, 0.3) is 0 Å². The van der Waals surface area contributed by atoms with Gasteiger partial charge in [-0.1, -0.05) is 23.9 Å². The number of ether oxygens (including phenoxy) is 2. The Morgan fingerprint density at radius 2 is 2.04 bits per heavy atom. The maximum atomic E-state index is 12.3. The Morgan fingerprint density at radius 3 is 2.78 bits per heavy atom. The Balaban J connectivity index is 1.69. The average Bonchev–Trinajstić information content (AvgIpc) is 2.68. The summed E-state index contributed by atoms with van der Waals surface area (Å²) in [5.41, 5.74) is 0.619. The molecule has 0 bridgehead atoms. The maximum Gasteiger partial charge on any atom is 0.347 e. The van der Waals surface area contributed by atoms with Crippen molar-refractivity contribution in [1.29, 1.82) is 0 Å². The zero-order valence-corrected chi connectivity index (χ0v) is 15.5. The number of para-hydroxylation sites is 1. The number of rotatable bonds is 6. The van der Waals surface area contributed by atoms with Gasteiger partial charge >= 0.3 is 5.97 Å². The molecule has 0 aliphatic carbocycles. The van der Waals surface area contributed by atoms with Crippen molar-refractivity contribution in [2.24, 2.45) is 0 Å². The van der Waals surface area contributed by atoms with Crippen LogP contribution in [0, 0.1) is 6.92 Å². The molecular formula is C19H16N2O5S. The van der Waals surface area contributed by atoms with Crippen LogP contribution in [-0.4, -0.2) is 23.0 Å². The topological polar surface area (TPSA) is 91.5 Å². The zero-order valence-electron chi connectivity index (χ0n) is 14.7. The Labute approximate surface area is 159 Å². The van der Waals surface area contributed by atoms with E-state index in [1.807, 2.05) is 6.92 Å². The molecule has 0 N–H and O–H groups in total. The van der Waals surface area contributed by atoms with E-state index in [0.29, 0.717) is 22.4 Å². The van der Waals surface area contributed by atoms with E-state index in [1.165, 1.54) is 24.9 Å². The lowest BCUT2D eigenvalue weighted by Crippen LogP contribution is -2.15. The molecule has 3 rings (SSSR count). The zero-order chi connectivity index (χ0) is 19.2. The second kappa shape index (κ2) is 8.50. The normalized spacial score (nSPS) is 10.4. The van der Waals surface area contributed by atoms with Crippen LogP contribution in [0.5, 0.6) is 11.5 Å². The number of hydrogen-bond acceptors (Lipinski definition) is 8. The summed E-state index contributed by atoms with van der Waals surface area (Å²) in [7, 11) is 1.45. The van der Waals surface area contributed by atoms with Crippen molar-refractivity contribution in [3.05, 3.63) is 76.1 Å². The van der Waals surface area contributed by atoms with E-state index in [0.717, 1.165) is 12.0 Å². The van der Waals surface area contributed by atoms with E-state index in [-0.39, 0.29) is 11.3 Å². The number of hydrogen-bond donors (Lipinski definition) is 0. The highest BCUT2D eigenvalue weighted by atomic mass is 32.2. The summed E-state index contributed by atoms with van der Waals surface area (Å²) in [6, 6.07) is 9.68. The summed E-state index contributed by atoms with van der Waals surface area (Å²) < 4.78 is 15.7. The molecule has 0 aliphatic heterocycles. The van der Waals surface area contributed by atoms with Crippen LogP contribution in [0.4, 0.5) is 0 Å². The minimum atomic E-state index is -0.699. The molecule has 0 atom stereocenters. The first kappa shape index (κ1) is 18.7. The van der Waals surface area contributed by atoms with Crippen LogP contribution in [0.15, 0.2) is 63.2 Å². The van der Waals surface area contributed by atoms with Crippen molar-refractivity contribution in [1.82, 2.24) is 9.97 Å². The van der Waals surface area contributed by atoms with Gasteiger partial charge in [0.1, 0.15) is 23.3 Å². The number of thioether (sulfide) groups is 1. The molecule has 0 amide bonds. The van der Waals surface area contributed by atoms with Gasteiger partial charge in [0.15, 0.2) is 5.16 Å². The number of benzene rings is 1. The Kier molecular flexibility index (Phi) is 5.87. The first-order chi connectivity index (χ1) is 13.1. The molecule has 0 spiro atoms. The predicted molar refractivity (Wildman–Crippen MR) is 99.3 cm³/mol. The fourth-order valence-electron chi connectivity index (χ4n) is 2.19. The van der Waals surface area contributed by atoms with E-state index in [4.69, 9.17) is 13.9 Å². The third-order valence-corrected chi connectivity index (χ3v) is 4.38. The van der Waals surface area contributed by atoms with Gasteiger partial charge in [-0.25, -0.2) is 14.8 Å². The SMILES string of the molecule is COc1ccccc1C(=O)Oc1coc(CSc2nccc(C)n2)cc1=O. The van der Waals surface area contributed by atoms with Gasteiger partial charge in [0.05, 0.1) is 12.9 Å². The van der Waals surface area contributed by atoms with Crippen LogP contribution in [0.2, 0.25) is 0 Å². The highest BCUT2D eigenvalue weighted by Gasteiger charge is 2.16. The van der Waals surface area contributed by atoms with Crippen molar-refractivity contribution < 1.29 is 18.7 Å². The molecule has 0 saturated heterocycles. The summed E-state index contributed by atoms with van der Waals surface area (Å²) in [5.74, 6) is 0.270. The maximum absolute atomic E-state index is 12.3. The molecule has 0 unspecified atom stereocenters. The Morgan fingerprint density at radius 1 is 1.22 bits per heavy atom. The van der Waals surface area contributed by atoms with E-state index in [2.05, 4.69) is 9.97 Å². The van der Waals surface area contributed by atoms with Gasteiger partial charge < -0.3 is 13.9 Å². The van der Waals surface area contributed by atoms with Crippen LogP contribution in [0.3, 0.4) is 0 Å². The summed E-state index contributed by atoms with van der Waals surface area (Å²) in [6.07, 6.45) is 2.80. The van der Waals surface area contributed by atoms with Gasteiger partial charge in [0, 0.05) is 18.0 Å². The highest BCUT2D eigenvalue weighted by molar-refractivity contribution is 7.98. The largest absolute Gasteiger partial charge is 0.496 e. The predicted octanol–water partition coefficient (Wildman–Crippen LogP) is 3.26. The highest BCUT2D eigenvalue weighted by Crippen LogP contribution is 2.21. The first-order valence-corrected chi connectivity index (χ1v) is 8.95. The molecular weight excluding hydrogens is 368 g/mol. The standard InChI is InChI=1S/C19H16N2O5S/c1-12-7-8-20-19(21-12)27-11-13-9-15(22)17(10-25-13)26-18(23)14-5-3-4-6-16(14)24-2/h3-10H,11H2,1-2H3. The van der Waals surface area contributed by atoms with Gasteiger partial charge in [0.25, 0.3) is 0 Å². The third-order valence-electron chi connectivity index (χ3n) is 3.50. The molecule has 0 aliphatic rings. The molecule has 3 aromatic rings. The smallest absolute Gasteiger partial charge is 0.347 e. The van der Waals surface area contributed by atoms with Crippen LogP contribution in [0.1, 0.15) is 21.8 Å². The van der Waals surface area contributed by atoms with E-state index in [1.54, 1.807) is 36.5 Å². The quantitative estimate of drug-likeness (QED) is 0.363. The van der Waals surface area contributed by atoms with Gasteiger partial charge in [-0.05, 0) is 25.1 Å². The minimum absolute atomic E-state index is 0.188. The van der Waals surface area contributed by atoms with Crippen LogP contribution < -0.4 is 14.9 Å². The van der Waals surface area contributed by atoms with Gasteiger partial charge in [-0.2, -0.15) is 0 Å². The summed E-state index contributed by atoms with van der Waals surface area (Å²) in [4.78, 5) is 32.9. The third kappa shape index (κ3) is 4.73. The van der Waals surface area contributed by atoms with E-state index >= 15 is 0 Å². The molecule has 0 fully saturated rings.